The smallest absolute Gasteiger partial charge is 0.272 e. The molecule has 0 saturated heterocycles. The molecule has 1 aromatic heterocycles. The highest BCUT2D eigenvalue weighted by Gasteiger charge is 2.17. The molecule has 9 heteroatoms. The van der Waals surface area contributed by atoms with Crippen molar-refractivity contribution >= 4 is 5.69 Å². The monoisotopic (exact) mass is 288 g/mol. The minimum Gasteiger partial charge on any atom is -0.433 e. The largest absolute Gasteiger partial charge is 0.433 e. The molecule has 104 valence electrons. The second-order valence-corrected chi connectivity index (χ2v) is 3.52. The van der Waals surface area contributed by atoms with Crippen molar-refractivity contribution in [2.24, 2.45) is 0 Å². The molecule has 5 nitrogen and oxygen atoms in total. The van der Waals surface area contributed by atoms with Gasteiger partial charge in [0.05, 0.1) is 11.0 Å². The van der Waals surface area contributed by atoms with E-state index in [4.69, 9.17) is 0 Å². The lowest BCUT2D eigenvalue weighted by molar-refractivity contribution is -0.385. The van der Waals surface area contributed by atoms with Crippen LogP contribution in [-0.4, -0.2) is 9.91 Å². The summed E-state index contributed by atoms with van der Waals surface area (Å²) in [7, 11) is 0. The lowest BCUT2D eigenvalue weighted by Crippen LogP contribution is -1.99. The molecule has 0 bridgehead atoms. The molecule has 0 N–H and O–H groups in total. The SMILES string of the molecule is O=[N+]([O-])c1ccc(Oc2nc(F)c(F)cc2F)c(F)c1. The van der Waals surface area contributed by atoms with Crippen LogP contribution in [0, 0.1) is 33.5 Å². The summed E-state index contributed by atoms with van der Waals surface area (Å²) in [5, 5.41) is 10.4. The van der Waals surface area contributed by atoms with Gasteiger partial charge in [0, 0.05) is 12.1 Å². The average molecular weight is 288 g/mol. The Morgan fingerprint density at radius 3 is 2.35 bits per heavy atom. The van der Waals surface area contributed by atoms with E-state index in [1.165, 1.54) is 0 Å². The summed E-state index contributed by atoms with van der Waals surface area (Å²) in [5.41, 5.74) is -0.548. The van der Waals surface area contributed by atoms with Crippen LogP contribution in [0.25, 0.3) is 0 Å². The van der Waals surface area contributed by atoms with Crippen LogP contribution in [0.1, 0.15) is 0 Å². The summed E-state index contributed by atoms with van der Waals surface area (Å²) >= 11 is 0. The topological polar surface area (TPSA) is 65.3 Å². The lowest BCUT2D eigenvalue weighted by atomic mass is 10.3. The number of benzene rings is 1. The van der Waals surface area contributed by atoms with E-state index in [-0.39, 0.29) is 6.07 Å². The second kappa shape index (κ2) is 5.11. The summed E-state index contributed by atoms with van der Waals surface area (Å²) in [6.45, 7) is 0. The molecular weight excluding hydrogens is 284 g/mol. The maximum atomic E-state index is 13.5. The molecule has 0 aliphatic heterocycles. The molecule has 1 heterocycles. The highest BCUT2D eigenvalue weighted by Crippen LogP contribution is 2.28. The quantitative estimate of drug-likeness (QED) is 0.376. The molecule has 20 heavy (non-hydrogen) atoms. The van der Waals surface area contributed by atoms with Crippen molar-refractivity contribution < 1.29 is 27.2 Å². The molecule has 0 radical (unpaired) electrons. The number of ether oxygens (including phenoxy) is 1. The Bertz CT molecular complexity index is 694. The van der Waals surface area contributed by atoms with Crippen molar-refractivity contribution in [3.8, 4) is 11.6 Å². The molecule has 0 amide bonds. The third-order valence-electron chi connectivity index (χ3n) is 2.19. The summed E-state index contributed by atoms with van der Waals surface area (Å²) in [6, 6.07) is 2.46. The zero-order chi connectivity index (χ0) is 14.9. The number of nitro benzene ring substituents is 1. The van der Waals surface area contributed by atoms with Gasteiger partial charge in [-0.2, -0.15) is 9.37 Å². The molecular formula is C11H4F4N2O3. The average Bonchev–Trinajstić information content (AvgIpc) is 2.37. The molecule has 2 aromatic rings. The van der Waals surface area contributed by atoms with Gasteiger partial charge in [0.2, 0.25) is 0 Å². The predicted octanol–water partition coefficient (Wildman–Crippen LogP) is 3.34. The first kappa shape index (κ1) is 13.7. The Kier molecular flexibility index (Phi) is 3.51. The van der Waals surface area contributed by atoms with Crippen molar-refractivity contribution in [3.05, 3.63) is 57.8 Å². The molecule has 0 saturated carbocycles. The number of hydrogen-bond donors (Lipinski definition) is 0. The van der Waals surface area contributed by atoms with E-state index in [1.54, 1.807) is 0 Å². The van der Waals surface area contributed by atoms with Crippen molar-refractivity contribution in [2.75, 3.05) is 0 Å². The van der Waals surface area contributed by atoms with Gasteiger partial charge in [-0.05, 0) is 6.07 Å². The molecule has 0 aliphatic carbocycles. The Morgan fingerprint density at radius 2 is 1.75 bits per heavy atom. The number of aromatic nitrogens is 1. The zero-order valence-corrected chi connectivity index (χ0v) is 9.44. The van der Waals surface area contributed by atoms with Gasteiger partial charge in [-0.3, -0.25) is 10.1 Å². The summed E-state index contributed by atoms with van der Waals surface area (Å²) in [6.07, 6.45) is 0. The highest BCUT2D eigenvalue weighted by atomic mass is 19.2. The third kappa shape index (κ3) is 2.66. The Hall–Kier alpha value is -2.71. The number of nitro groups is 1. The van der Waals surface area contributed by atoms with E-state index in [0.29, 0.717) is 6.07 Å². The molecule has 1 aromatic carbocycles. The fourth-order valence-electron chi connectivity index (χ4n) is 1.29. The molecule has 0 aliphatic rings. The van der Waals surface area contributed by atoms with Gasteiger partial charge in [-0.15, -0.1) is 0 Å². The van der Waals surface area contributed by atoms with E-state index in [0.717, 1.165) is 12.1 Å². The predicted molar refractivity (Wildman–Crippen MR) is 57.2 cm³/mol. The number of non-ortho nitro benzene ring substituents is 1. The number of rotatable bonds is 3. The maximum absolute atomic E-state index is 13.5. The fourth-order valence-corrected chi connectivity index (χ4v) is 1.29. The maximum Gasteiger partial charge on any atom is 0.272 e. The summed E-state index contributed by atoms with van der Waals surface area (Å²) in [5.74, 6) is -7.28. The number of hydrogen-bond acceptors (Lipinski definition) is 4. The van der Waals surface area contributed by atoms with Gasteiger partial charge in [-0.25, -0.2) is 13.2 Å². The zero-order valence-electron chi connectivity index (χ0n) is 9.44. The highest BCUT2D eigenvalue weighted by molar-refractivity contribution is 5.39. The Labute approximate surface area is 108 Å². The van der Waals surface area contributed by atoms with Gasteiger partial charge in [-0.1, -0.05) is 0 Å². The van der Waals surface area contributed by atoms with E-state index < -0.39 is 45.6 Å². The lowest BCUT2D eigenvalue weighted by Gasteiger charge is -2.06. The first-order valence-corrected chi connectivity index (χ1v) is 5.02. The third-order valence-corrected chi connectivity index (χ3v) is 2.19. The van der Waals surface area contributed by atoms with E-state index in [9.17, 15) is 27.7 Å². The number of halogens is 4. The van der Waals surface area contributed by atoms with Crippen LogP contribution >= 0.6 is 0 Å². The Morgan fingerprint density at radius 1 is 1.05 bits per heavy atom. The van der Waals surface area contributed by atoms with Crippen molar-refractivity contribution in [2.45, 2.75) is 0 Å². The van der Waals surface area contributed by atoms with E-state index in [1.807, 2.05) is 0 Å². The molecule has 2 rings (SSSR count). The van der Waals surface area contributed by atoms with Crippen LogP contribution in [0.15, 0.2) is 24.3 Å². The van der Waals surface area contributed by atoms with Crippen LogP contribution in [0.2, 0.25) is 0 Å². The number of nitrogens with zero attached hydrogens (tertiary/aromatic N) is 2. The van der Waals surface area contributed by atoms with Crippen LogP contribution in [-0.2, 0) is 0 Å². The van der Waals surface area contributed by atoms with Gasteiger partial charge in [0.15, 0.2) is 23.2 Å². The normalized spacial score (nSPS) is 10.4. The number of pyridine rings is 1. The first-order chi connectivity index (χ1) is 9.38. The van der Waals surface area contributed by atoms with Gasteiger partial charge in [0.25, 0.3) is 17.5 Å². The first-order valence-electron chi connectivity index (χ1n) is 5.02. The molecule has 0 unspecified atom stereocenters. The van der Waals surface area contributed by atoms with Crippen molar-refractivity contribution in [1.29, 1.82) is 0 Å². The minimum absolute atomic E-state index is 0.182. The van der Waals surface area contributed by atoms with Gasteiger partial charge >= 0.3 is 0 Å². The van der Waals surface area contributed by atoms with Gasteiger partial charge < -0.3 is 4.74 Å². The molecule has 0 fully saturated rings. The summed E-state index contributed by atoms with van der Waals surface area (Å²) in [4.78, 5) is 12.4. The standard InChI is InChI=1S/C11H4F4N2O3/c12-6-3-5(17(18)19)1-2-9(6)20-11-8(14)4-7(13)10(15)16-11/h1-4H. The Balaban J connectivity index is 2.35. The van der Waals surface area contributed by atoms with E-state index in [2.05, 4.69) is 9.72 Å². The van der Waals surface area contributed by atoms with Crippen LogP contribution in [0.4, 0.5) is 23.2 Å². The second-order valence-electron chi connectivity index (χ2n) is 3.52. The fraction of sp³-hybridized carbons (Fsp3) is 0. The molecule has 0 atom stereocenters. The minimum atomic E-state index is -1.62. The van der Waals surface area contributed by atoms with Crippen LogP contribution < -0.4 is 4.74 Å². The van der Waals surface area contributed by atoms with E-state index >= 15 is 0 Å². The van der Waals surface area contributed by atoms with Crippen molar-refractivity contribution in [3.63, 3.8) is 0 Å². The van der Waals surface area contributed by atoms with Crippen LogP contribution in [0.3, 0.4) is 0 Å². The molecule has 0 spiro atoms. The summed E-state index contributed by atoms with van der Waals surface area (Å²) < 4.78 is 56.8. The van der Waals surface area contributed by atoms with Gasteiger partial charge in [0.1, 0.15) is 0 Å². The van der Waals surface area contributed by atoms with Crippen LogP contribution in [0.5, 0.6) is 11.6 Å². The van der Waals surface area contributed by atoms with Crippen molar-refractivity contribution in [1.82, 2.24) is 4.98 Å².